The van der Waals surface area contributed by atoms with E-state index in [1.807, 2.05) is 6.92 Å². The van der Waals surface area contributed by atoms with Crippen LogP contribution in [0.15, 0.2) is 12.1 Å². The number of nitrogens with one attached hydrogen (secondary N) is 1. The Hall–Kier alpha value is -1.36. The van der Waals surface area contributed by atoms with Crippen molar-refractivity contribution in [1.82, 2.24) is 0 Å². The smallest absolute Gasteiger partial charge is 0.294 e. The number of nitrogens with zero attached hydrogens (tertiary/aromatic N) is 1. The van der Waals surface area contributed by atoms with Gasteiger partial charge in [-0.2, -0.15) is 0 Å². The monoisotopic (exact) mass is 300 g/mol. The molecule has 2 rings (SSSR count). The van der Waals surface area contributed by atoms with E-state index >= 15 is 0 Å². The van der Waals surface area contributed by atoms with E-state index in [2.05, 4.69) is 5.32 Å². The second-order valence-electron chi connectivity index (χ2n) is 5.37. The van der Waals surface area contributed by atoms with Crippen LogP contribution in [0, 0.1) is 21.8 Å². The van der Waals surface area contributed by atoms with Gasteiger partial charge in [-0.25, -0.2) is 4.39 Å². The molecule has 0 aromatic heterocycles. The first-order valence-corrected chi connectivity index (χ1v) is 7.27. The maximum atomic E-state index is 13.5. The predicted octanol–water partition coefficient (Wildman–Crippen LogP) is 4.77. The zero-order valence-electron chi connectivity index (χ0n) is 11.4. The number of nitro groups is 1. The van der Waals surface area contributed by atoms with Crippen LogP contribution >= 0.6 is 11.6 Å². The van der Waals surface area contributed by atoms with Gasteiger partial charge in [0.1, 0.15) is 11.5 Å². The average Bonchev–Trinajstić information content (AvgIpc) is 2.43. The van der Waals surface area contributed by atoms with Gasteiger partial charge in [-0.1, -0.05) is 30.9 Å². The van der Waals surface area contributed by atoms with E-state index in [1.165, 1.54) is 19.3 Å². The van der Waals surface area contributed by atoms with Gasteiger partial charge in [0, 0.05) is 18.2 Å². The van der Waals surface area contributed by atoms with Crippen LogP contribution in [0.2, 0.25) is 5.02 Å². The minimum absolute atomic E-state index is 0.0783. The maximum absolute atomic E-state index is 13.5. The van der Waals surface area contributed by atoms with Crippen molar-refractivity contribution in [2.45, 2.75) is 45.1 Å². The summed E-state index contributed by atoms with van der Waals surface area (Å²) in [5.74, 6) is -0.169. The highest BCUT2D eigenvalue weighted by Gasteiger charge is 2.24. The molecule has 1 N–H and O–H groups in total. The van der Waals surface area contributed by atoms with Crippen LogP contribution in [0.25, 0.3) is 0 Å². The predicted molar refractivity (Wildman–Crippen MR) is 77.7 cm³/mol. The van der Waals surface area contributed by atoms with Gasteiger partial charge in [0.25, 0.3) is 5.69 Å². The summed E-state index contributed by atoms with van der Waals surface area (Å²) < 4.78 is 13.5. The molecule has 0 amide bonds. The molecule has 1 unspecified atom stereocenters. The highest BCUT2D eigenvalue weighted by Crippen LogP contribution is 2.33. The third kappa shape index (κ3) is 3.39. The van der Waals surface area contributed by atoms with E-state index in [4.69, 9.17) is 11.6 Å². The van der Waals surface area contributed by atoms with Gasteiger partial charge in [0.05, 0.1) is 9.95 Å². The fraction of sp³-hybridized carbons (Fsp3) is 0.571. The number of rotatable bonds is 4. The summed E-state index contributed by atoms with van der Waals surface area (Å²) in [6.45, 7) is 1.99. The van der Waals surface area contributed by atoms with Crippen molar-refractivity contribution in [3.8, 4) is 0 Å². The zero-order chi connectivity index (χ0) is 14.7. The van der Waals surface area contributed by atoms with Crippen LogP contribution in [0.5, 0.6) is 0 Å². The Morgan fingerprint density at radius 1 is 1.40 bits per heavy atom. The molecule has 0 radical (unpaired) electrons. The second kappa shape index (κ2) is 6.39. The lowest BCUT2D eigenvalue weighted by Gasteiger charge is -2.28. The molecular weight excluding hydrogens is 283 g/mol. The van der Waals surface area contributed by atoms with E-state index in [-0.39, 0.29) is 22.4 Å². The van der Waals surface area contributed by atoms with Crippen LogP contribution in [0.3, 0.4) is 0 Å². The first kappa shape index (κ1) is 15.0. The molecule has 0 spiro atoms. The first-order chi connectivity index (χ1) is 9.49. The lowest BCUT2D eigenvalue weighted by Crippen LogP contribution is -2.28. The van der Waals surface area contributed by atoms with E-state index in [1.54, 1.807) is 0 Å². The van der Waals surface area contributed by atoms with E-state index < -0.39 is 10.7 Å². The Balaban J connectivity index is 2.19. The molecular formula is C14H18ClFN2O2. The summed E-state index contributed by atoms with van der Waals surface area (Å²) in [5.41, 5.74) is 0.0223. The van der Waals surface area contributed by atoms with Gasteiger partial charge >= 0.3 is 0 Å². The molecule has 0 aliphatic heterocycles. The van der Waals surface area contributed by atoms with Crippen molar-refractivity contribution in [1.29, 1.82) is 0 Å². The Morgan fingerprint density at radius 3 is 2.65 bits per heavy atom. The standard InChI is InChI=1S/C14H18ClFN2O2/c1-9(10-5-3-2-4-6-10)17-13-8-12(16)11(15)7-14(13)18(19)20/h7-10,17H,2-6H2,1H3. The molecule has 1 aliphatic carbocycles. The van der Waals surface area contributed by atoms with E-state index in [9.17, 15) is 14.5 Å². The summed E-state index contributed by atoms with van der Waals surface area (Å²) >= 11 is 5.61. The summed E-state index contributed by atoms with van der Waals surface area (Å²) in [6, 6.07) is 2.25. The molecule has 0 bridgehead atoms. The minimum Gasteiger partial charge on any atom is -0.377 e. The van der Waals surface area contributed by atoms with Crippen LogP contribution in [-0.4, -0.2) is 11.0 Å². The second-order valence-corrected chi connectivity index (χ2v) is 5.78. The molecule has 1 aliphatic rings. The molecule has 1 atom stereocenters. The Labute approximate surface area is 122 Å². The first-order valence-electron chi connectivity index (χ1n) is 6.89. The quantitative estimate of drug-likeness (QED) is 0.644. The normalized spacial score (nSPS) is 17.8. The molecule has 110 valence electrons. The number of hydrogen-bond donors (Lipinski definition) is 1. The highest BCUT2D eigenvalue weighted by atomic mass is 35.5. The number of benzene rings is 1. The van der Waals surface area contributed by atoms with Crippen LogP contribution in [-0.2, 0) is 0 Å². The molecule has 1 fully saturated rings. The van der Waals surface area contributed by atoms with Crippen molar-refractivity contribution in [3.05, 3.63) is 33.1 Å². The molecule has 1 saturated carbocycles. The van der Waals surface area contributed by atoms with E-state index in [0.29, 0.717) is 5.92 Å². The lowest BCUT2D eigenvalue weighted by atomic mass is 9.84. The molecule has 6 heteroatoms. The van der Waals surface area contributed by atoms with Crippen LogP contribution < -0.4 is 5.32 Å². The summed E-state index contributed by atoms with van der Waals surface area (Å²) in [7, 11) is 0. The van der Waals surface area contributed by atoms with Crippen molar-refractivity contribution < 1.29 is 9.31 Å². The largest absolute Gasteiger partial charge is 0.377 e. The third-order valence-electron chi connectivity index (χ3n) is 3.98. The minimum atomic E-state index is -0.643. The molecule has 0 heterocycles. The fourth-order valence-electron chi connectivity index (χ4n) is 2.80. The SMILES string of the molecule is CC(Nc1cc(F)c(Cl)cc1[N+](=O)[O-])C1CCCCC1. The number of halogens is 2. The van der Waals surface area contributed by atoms with Crippen LogP contribution in [0.4, 0.5) is 15.8 Å². The van der Waals surface area contributed by atoms with Gasteiger partial charge in [-0.3, -0.25) is 10.1 Å². The molecule has 4 nitrogen and oxygen atoms in total. The maximum Gasteiger partial charge on any atom is 0.294 e. The lowest BCUT2D eigenvalue weighted by molar-refractivity contribution is -0.384. The van der Waals surface area contributed by atoms with E-state index in [0.717, 1.165) is 25.0 Å². The fourth-order valence-corrected chi connectivity index (χ4v) is 2.96. The van der Waals surface area contributed by atoms with Crippen LogP contribution in [0.1, 0.15) is 39.0 Å². The topological polar surface area (TPSA) is 55.2 Å². The average molecular weight is 301 g/mol. The van der Waals surface area contributed by atoms with Gasteiger partial charge in [0.2, 0.25) is 0 Å². The highest BCUT2D eigenvalue weighted by molar-refractivity contribution is 6.31. The molecule has 0 saturated heterocycles. The van der Waals surface area contributed by atoms with Crippen molar-refractivity contribution in [2.75, 3.05) is 5.32 Å². The Kier molecular flexibility index (Phi) is 4.81. The molecule has 20 heavy (non-hydrogen) atoms. The summed E-state index contributed by atoms with van der Waals surface area (Å²) in [6.07, 6.45) is 5.84. The van der Waals surface area contributed by atoms with Gasteiger partial charge in [-0.15, -0.1) is 0 Å². The summed E-state index contributed by atoms with van der Waals surface area (Å²) in [4.78, 5) is 10.5. The molecule has 1 aromatic carbocycles. The number of nitro benzene ring substituents is 1. The third-order valence-corrected chi connectivity index (χ3v) is 4.27. The Morgan fingerprint density at radius 2 is 2.05 bits per heavy atom. The van der Waals surface area contributed by atoms with Crippen molar-refractivity contribution >= 4 is 23.0 Å². The number of anilines is 1. The van der Waals surface area contributed by atoms with Gasteiger partial charge < -0.3 is 5.32 Å². The van der Waals surface area contributed by atoms with Gasteiger partial charge in [-0.05, 0) is 25.7 Å². The van der Waals surface area contributed by atoms with Crippen molar-refractivity contribution in [3.63, 3.8) is 0 Å². The molecule has 1 aromatic rings. The summed E-state index contributed by atoms with van der Waals surface area (Å²) in [5, 5.41) is 13.9. The van der Waals surface area contributed by atoms with Crippen molar-refractivity contribution in [2.24, 2.45) is 5.92 Å². The number of hydrogen-bond acceptors (Lipinski definition) is 3. The zero-order valence-corrected chi connectivity index (χ0v) is 12.1. The van der Waals surface area contributed by atoms with Gasteiger partial charge in [0.15, 0.2) is 0 Å². The Bertz CT molecular complexity index is 504.